The van der Waals surface area contributed by atoms with Gasteiger partial charge < -0.3 is 9.80 Å². The maximum absolute atomic E-state index is 4.59. The Hall–Kier alpha value is -2.88. The third-order valence-corrected chi connectivity index (χ3v) is 4.43. The van der Waals surface area contributed by atoms with E-state index in [0.717, 1.165) is 18.2 Å². The van der Waals surface area contributed by atoms with Crippen LogP contribution in [0.5, 0.6) is 0 Å². The number of rotatable bonds is 2. The maximum Gasteiger partial charge on any atom is 0.133 e. The molecule has 25 heavy (non-hydrogen) atoms. The molecule has 0 saturated carbocycles. The second-order valence-electron chi connectivity index (χ2n) is 7.34. The van der Waals surface area contributed by atoms with Gasteiger partial charge in [-0.25, -0.2) is 9.97 Å². The Bertz CT molecular complexity index is 866. The number of fused-ring (bicyclic) bond motifs is 1. The maximum atomic E-state index is 4.59. The third kappa shape index (κ3) is 2.84. The molecule has 1 aromatic heterocycles. The van der Waals surface area contributed by atoms with Crippen LogP contribution in [-0.2, 0) is 5.41 Å². The van der Waals surface area contributed by atoms with E-state index in [4.69, 9.17) is 0 Å². The van der Waals surface area contributed by atoms with E-state index >= 15 is 0 Å². The molecular weight excluding hydrogens is 308 g/mol. The zero-order valence-corrected chi connectivity index (χ0v) is 14.8. The van der Waals surface area contributed by atoms with Crippen LogP contribution < -0.4 is 9.80 Å². The predicted octanol–water partition coefficient (Wildman–Crippen LogP) is 5.02. The van der Waals surface area contributed by atoms with Gasteiger partial charge in [-0.3, -0.25) is 0 Å². The molecule has 0 N–H and O–H groups in total. The molecule has 0 atom stereocenters. The first-order valence-electron chi connectivity index (χ1n) is 8.56. The van der Waals surface area contributed by atoms with Gasteiger partial charge in [0.2, 0.25) is 0 Å². The van der Waals surface area contributed by atoms with Crippen LogP contribution in [0.1, 0.15) is 26.6 Å². The van der Waals surface area contributed by atoms with Gasteiger partial charge in [0, 0.05) is 11.1 Å². The summed E-state index contributed by atoms with van der Waals surface area (Å²) in [5.74, 6) is 0.864. The Labute approximate surface area is 148 Å². The van der Waals surface area contributed by atoms with Gasteiger partial charge >= 0.3 is 0 Å². The van der Waals surface area contributed by atoms with Crippen LogP contribution in [0.15, 0.2) is 67.0 Å². The Morgan fingerprint density at radius 2 is 1.24 bits per heavy atom. The molecular formula is C21H22N4. The molecule has 4 rings (SSSR count). The van der Waals surface area contributed by atoms with E-state index in [-0.39, 0.29) is 5.41 Å². The van der Waals surface area contributed by atoms with Crippen LogP contribution >= 0.6 is 0 Å². The first-order valence-corrected chi connectivity index (χ1v) is 8.56. The third-order valence-electron chi connectivity index (χ3n) is 4.43. The van der Waals surface area contributed by atoms with Crippen molar-refractivity contribution in [1.82, 2.24) is 9.97 Å². The zero-order chi connectivity index (χ0) is 17.4. The molecule has 0 radical (unpaired) electrons. The Balaban J connectivity index is 1.72. The molecule has 126 valence electrons. The van der Waals surface area contributed by atoms with Crippen LogP contribution in [0.4, 0.5) is 22.7 Å². The van der Waals surface area contributed by atoms with E-state index in [2.05, 4.69) is 89.1 Å². The molecule has 0 fully saturated rings. The molecule has 0 unspecified atom stereocenters. The van der Waals surface area contributed by atoms with Crippen LogP contribution in [0, 0.1) is 0 Å². The molecule has 4 heteroatoms. The van der Waals surface area contributed by atoms with Gasteiger partial charge in [-0.15, -0.1) is 0 Å². The number of hydrogen-bond donors (Lipinski definition) is 0. The Morgan fingerprint density at radius 3 is 1.80 bits per heavy atom. The summed E-state index contributed by atoms with van der Waals surface area (Å²) in [6, 6.07) is 18.9. The lowest BCUT2D eigenvalue weighted by atomic mass is 9.96. The minimum Gasteiger partial charge on any atom is -0.321 e. The molecule has 2 heterocycles. The largest absolute Gasteiger partial charge is 0.321 e. The highest BCUT2D eigenvalue weighted by molar-refractivity contribution is 5.86. The lowest BCUT2D eigenvalue weighted by Gasteiger charge is -2.22. The fraction of sp³-hybridized carbons (Fsp3) is 0.238. The molecule has 0 amide bonds. The van der Waals surface area contributed by atoms with Gasteiger partial charge in [0.25, 0.3) is 0 Å². The molecule has 1 aliphatic rings. The van der Waals surface area contributed by atoms with E-state index in [0.29, 0.717) is 0 Å². The topological polar surface area (TPSA) is 32.3 Å². The van der Waals surface area contributed by atoms with Crippen molar-refractivity contribution in [3.05, 3.63) is 72.8 Å². The lowest BCUT2D eigenvalue weighted by molar-refractivity contribution is 0.545. The zero-order valence-electron chi connectivity index (χ0n) is 14.8. The highest BCUT2D eigenvalue weighted by Gasteiger charge is 2.28. The number of para-hydroxylation sites is 3. The number of hydrogen-bond acceptors (Lipinski definition) is 4. The molecule has 4 nitrogen and oxygen atoms in total. The van der Waals surface area contributed by atoms with Crippen molar-refractivity contribution in [2.75, 3.05) is 16.5 Å². The van der Waals surface area contributed by atoms with E-state index < -0.39 is 0 Å². The molecule has 0 saturated heterocycles. The molecule has 2 aromatic carbocycles. The van der Waals surface area contributed by atoms with Crippen molar-refractivity contribution in [3.8, 4) is 0 Å². The summed E-state index contributed by atoms with van der Waals surface area (Å²) < 4.78 is 0. The summed E-state index contributed by atoms with van der Waals surface area (Å²) in [5.41, 5.74) is 4.54. The molecule has 0 spiro atoms. The summed E-state index contributed by atoms with van der Waals surface area (Å²) >= 11 is 0. The van der Waals surface area contributed by atoms with Gasteiger partial charge in [-0.1, -0.05) is 51.1 Å². The highest BCUT2D eigenvalue weighted by atomic mass is 15.4. The van der Waals surface area contributed by atoms with Gasteiger partial charge in [-0.05, 0) is 24.3 Å². The Morgan fingerprint density at radius 1 is 0.720 bits per heavy atom. The van der Waals surface area contributed by atoms with Crippen LogP contribution in [0.3, 0.4) is 0 Å². The SMILES string of the molecule is CC(C)(C)c1ncc(N2CN(c3ccccc3)c3ccccc32)cn1. The lowest BCUT2D eigenvalue weighted by Crippen LogP contribution is -2.24. The van der Waals surface area contributed by atoms with E-state index in [1.165, 1.54) is 17.1 Å². The summed E-state index contributed by atoms with van der Waals surface area (Å²) in [4.78, 5) is 13.8. The van der Waals surface area contributed by atoms with Crippen LogP contribution in [0.25, 0.3) is 0 Å². The Kier molecular flexibility index (Phi) is 3.68. The van der Waals surface area contributed by atoms with Crippen LogP contribution in [-0.4, -0.2) is 16.6 Å². The van der Waals surface area contributed by atoms with Gasteiger partial charge in [0.05, 0.1) is 29.5 Å². The van der Waals surface area contributed by atoms with E-state index in [9.17, 15) is 0 Å². The highest BCUT2D eigenvalue weighted by Crippen LogP contribution is 2.43. The average Bonchev–Trinajstić information content (AvgIpc) is 3.02. The fourth-order valence-corrected chi connectivity index (χ4v) is 3.11. The van der Waals surface area contributed by atoms with Crippen molar-refractivity contribution in [2.45, 2.75) is 26.2 Å². The summed E-state index contributed by atoms with van der Waals surface area (Å²) in [6.07, 6.45) is 3.86. The monoisotopic (exact) mass is 330 g/mol. The molecule has 3 aromatic rings. The van der Waals surface area contributed by atoms with Gasteiger partial charge in [0.1, 0.15) is 12.5 Å². The molecule has 1 aliphatic heterocycles. The summed E-state index contributed by atoms with van der Waals surface area (Å²) in [6.45, 7) is 7.14. The quantitative estimate of drug-likeness (QED) is 0.660. The number of benzene rings is 2. The van der Waals surface area contributed by atoms with Crippen molar-refractivity contribution in [1.29, 1.82) is 0 Å². The van der Waals surface area contributed by atoms with Crippen molar-refractivity contribution in [2.24, 2.45) is 0 Å². The minimum atomic E-state index is -0.0441. The van der Waals surface area contributed by atoms with Crippen molar-refractivity contribution < 1.29 is 0 Å². The van der Waals surface area contributed by atoms with E-state index in [1.54, 1.807) is 0 Å². The standard InChI is InChI=1S/C21H22N4/c1-21(2,3)20-22-13-17(14-23-20)25-15-24(16-9-5-4-6-10-16)18-11-7-8-12-19(18)25/h4-14H,15H2,1-3H3. The normalized spacial score (nSPS) is 13.9. The number of anilines is 4. The fourth-order valence-electron chi connectivity index (χ4n) is 3.11. The van der Waals surface area contributed by atoms with E-state index in [1.807, 2.05) is 18.5 Å². The second kappa shape index (κ2) is 5.88. The van der Waals surface area contributed by atoms with Crippen molar-refractivity contribution >= 4 is 22.7 Å². The minimum absolute atomic E-state index is 0.0441. The second-order valence-corrected chi connectivity index (χ2v) is 7.34. The van der Waals surface area contributed by atoms with Gasteiger partial charge in [-0.2, -0.15) is 0 Å². The first kappa shape index (κ1) is 15.6. The number of nitrogens with zero attached hydrogens (tertiary/aromatic N) is 4. The van der Waals surface area contributed by atoms with Crippen LogP contribution in [0.2, 0.25) is 0 Å². The smallest absolute Gasteiger partial charge is 0.133 e. The van der Waals surface area contributed by atoms with Crippen molar-refractivity contribution in [3.63, 3.8) is 0 Å². The predicted molar refractivity (Wildman–Crippen MR) is 103 cm³/mol. The summed E-state index contributed by atoms with van der Waals surface area (Å²) in [7, 11) is 0. The van der Waals surface area contributed by atoms with Gasteiger partial charge in [0.15, 0.2) is 0 Å². The summed E-state index contributed by atoms with van der Waals surface area (Å²) in [5, 5.41) is 0. The first-order chi connectivity index (χ1) is 12.0. The molecule has 0 aliphatic carbocycles. The number of aromatic nitrogens is 2. The average molecular weight is 330 g/mol. The molecule has 0 bridgehead atoms.